The van der Waals surface area contributed by atoms with Crippen LogP contribution in [0.25, 0.3) is 0 Å². The number of imide groups is 1. The number of carboxylic acid groups (broad SMARTS) is 3. The van der Waals surface area contributed by atoms with E-state index in [4.69, 9.17) is 37.9 Å². The predicted octanol–water partition coefficient (Wildman–Crippen LogP) is 3.40. The first-order valence-corrected chi connectivity index (χ1v) is 30.4. The normalized spacial score (nSPS) is 14.8. The van der Waals surface area contributed by atoms with Crippen LogP contribution >= 0.6 is 0 Å². The number of carbonyl (C=O) groups excluding carboxylic acids is 7. The summed E-state index contributed by atoms with van der Waals surface area (Å²) in [5.74, 6) is -8.18. The van der Waals surface area contributed by atoms with Gasteiger partial charge in [-0.1, -0.05) is 83.5 Å². The van der Waals surface area contributed by atoms with Crippen LogP contribution in [0.15, 0.2) is 0 Å². The van der Waals surface area contributed by atoms with E-state index in [1.165, 1.54) is 80.4 Å². The second kappa shape index (κ2) is 49.4. The van der Waals surface area contributed by atoms with Gasteiger partial charge in [-0.25, -0.2) is 14.4 Å². The maximum absolute atomic E-state index is 13.2. The molecular formula is C58H103N7O21. The lowest BCUT2D eigenvalue weighted by molar-refractivity contribution is -0.228. The molecule has 496 valence electrons. The number of carbonyl (C=O) groups is 10. The largest absolute Gasteiger partial charge is 0.481 e. The van der Waals surface area contributed by atoms with Gasteiger partial charge in [-0.2, -0.15) is 0 Å². The molecule has 1 aliphatic carbocycles. The minimum atomic E-state index is -1.54. The second-order valence-corrected chi connectivity index (χ2v) is 21.3. The molecule has 0 aromatic rings. The molecule has 28 nitrogen and oxygen atoms in total. The number of hydrogen-bond donors (Lipinski definition) is 9. The van der Waals surface area contributed by atoms with Crippen molar-refractivity contribution in [2.24, 2.45) is 11.8 Å². The number of likely N-dealkylation sites (N-methyl/N-ethyl adjacent to an activating group) is 1. The fraction of sp³-hybridized carbons (Fsp3) is 0.828. The molecule has 0 unspecified atom stereocenters. The number of aliphatic carboxylic acids is 3. The van der Waals surface area contributed by atoms with Crippen molar-refractivity contribution < 1.29 is 101 Å². The molecule has 1 fully saturated rings. The fourth-order valence-electron chi connectivity index (χ4n) is 9.32. The molecule has 0 aromatic heterocycles. The van der Waals surface area contributed by atoms with Gasteiger partial charge in [0, 0.05) is 86.7 Å². The fourth-order valence-corrected chi connectivity index (χ4v) is 9.32. The van der Waals surface area contributed by atoms with Gasteiger partial charge < -0.3 is 85.1 Å². The first-order chi connectivity index (χ1) is 41.3. The lowest BCUT2D eigenvalue weighted by Gasteiger charge is -2.28. The molecular weight excluding hydrogens is 1130 g/mol. The van der Waals surface area contributed by atoms with Crippen molar-refractivity contribution in [2.75, 3.05) is 115 Å². The molecule has 28 heteroatoms. The number of urea groups is 1. The SMILES string of the molecule is COC(CNC(=O)N(C)C(=O)COCCOCCNC(=O)COCCOCCNC(=O)[C@H](CCC(=O)O)NC(=O)CC[C@H](NC(=O)C1CCC(CNC(=O)CCCCCCCCCCCCCCCCCC(OC)(OC)C(=O)O)CC1)C(=O)O)OC. The summed E-state index contributed by atoms with van der Waals surface area (Å²) in [6.45, 7) is 0.633. The molecule has 2 atom stereocenters. The van der Waals surface area contributed by atoms with Gasteiger partial charge in [0.05, 0.1) is 46.2 Å². The zero-order valence-electron chi connectivity index (χ0n) is 51.7. The van der Waals surface area contributed by atoms with Gasteiger partial charge in [0.25, 0.3) is 11.7 Å². The summed E-state index contributed by atoms with van der Waals surface area (Å²) in [5.41, 5.74) is 0. The summed E-state index contributed by atoms with van der Waals surface area (Å²) < 4.78 is 41.4. The van der Waals surface area contributed by atoms with E-state index in [0.717, 1.165) is 56.3 Å². The van der Waals surface area contributed by atoms with Crippen LogP contribution in [0.4, 0.5) is 4.79 Å². The van der Waals surface area contributed by atoms with E-state index in [2.05, 4.69) is 31.9 Å². The molecule has 0 spiro atoms. The molecule has 86 heavy (non-hydrogen) atoms. The molecule has 0 saturated heterocycles. The van der Waals surface area contributed by atoms with E-state index in [1.807, 2.05) is 0 Å². The standard InChI is InChI=1S/C58H103N7O21/c1-65(57(78)62-40-52(79-2)80-3)50(69)42-86-38-36-83-33-31-59-49(68)41-85-37-35-84-34-32-60-54(73)45(27-29-51(70)71)63-48(67)28-26-46(55(74)75)64-53(72)44-24-22-43(23-25-44)39-61-47(66)21-19-17-15-13-11-9-7-6-8-10-12-14-16-18-20-30-58(81-4,82-5)56(76)77/h43-46,52H,6-42H2,1-5H3,(H,59,68)(H,60,73)(H,61,66)(H,62,78)(H,63,67)(H,64,72)(H,70,71)(H,74,75)(H,76,77)/t43?,44?,45-,46-/m0/s1. The van der Waals surface area contributed by atoms with Crippen molar-refractivity contribution in [3.05, 3.63) is 0 Å². The van der Waals surface area contributed by atoms with Crippen molar-refractivity contribution >= 4 is 59.4 Å². The van der Waals surface area contributed by atoms with Crippen LogP contribution in [-0.2, 0) is 81.0 Å². The van der Waals surface area contributed by atoms with Crippen molar-refractivity contribution in [2.45, 2.75) is 185 Å². The summed E-state index contributed by atoms with van der Waals surface area (Å²) in [5, 5.41) is 44.2. The van der Waals surface area contributed by atoms with Gasteiger partial charge in [0.15, 0.2) is 6.29 Å². The Kier molecular flexibility index (Phi) is 45.0. The van der Waals surface area contributed by atoms with Crippen LogP contribution in [0.1, 0.15) is 161 Å². The van der Waals surface area contributed by atoms with E-state index in [0.29, 0.717) is 45.1 Å². The average Bonchev–Trinajstić information content (AvgIpc) is 3.57. The van der Waals surface area contributed by atoms with Gasteiger partial charge in [0.2, 0.25) is 29.5 Å². The molecule has 1 aliphatic rings. The van der Waals surface area contributed by atoms with Crippen LogP contribution in [0.3, 0.4) is 0 Å². The summed E-state index contributed by atoms with van der Waals surface area (Å²) >= 11 is 0. The maximum atomic E-state index is 13.2. The van der Waals surface area contributed by atoms with Crippen LogP contribution in [0, 0.1) is 11.8 Å². The molecule has 1 saturated carbocycles. The predicted molar refractivity (Wildman–Crippen MR) is 312 cm³/mol. The first kappa shape index (κ1) is 78.4. The summed E-state index contributed by atoms with van der Waals surface area (Å²) in [6, 6.07) is -3.27. The van der Waals surface area contributed by atoms with Gasteiger partial charge in [-0.3, -0.25) is 38.5 Å². The third kappa shape index (κ3) is 37.8. The third-order valence-corrected chi connectivity index (χ3v) is 14.7. The number of amides is 8. The Balaban J connectivity index is 2.19. The molecule has 1 rings (SSSR count). The average molecular weight is 1230 g/mol. The number of rotatable bonds is 54. The molecule has 0 radical (unpaired) electrons. The molecule has 9 N–H and O–H groups in total. The van der Waals surface area contributed by atoms with Crippen LogP contribution in [0.2, 0.25) is 0 Å². The summed E-state index contributed by atoms with van der Waals surface area (Å²) in [7, 11) is 6.85. The van der Waals surface area contributed by atoms with E-state index in [1.54, 1.807) is 0 Å². The van der Waals surface area contributed by atoms with Gasteiger partial charge in [0.1, 0.15) is 25.3 Å². The van der Waals surface area contributed by atoms with E-state index < -0.39 is 90.0 Å². The Morgan fingerprint density at radius 1 is 0.523 bits per heavy atom. The van der Waals surface area contributed by atoms with Crippen LogP contribution in [0.5, 0.6) is 0 Å². The topological polar surface area (TPSA) is 381 Å². The minimum Gasteiger partial charge on any atom is -0.481 e. The van der Waals surface area contributed by atoms with Crippen molar-refractivity contribution in [1.82, 2.24) is 36.8 Å². The lowest BCUT2D eigenvalue weighted by atomic mass is 9.81. The Labute approximate surface area is 507 Å². The van der Waals surface area contributed by atoms with E-state index >= 15 is 0 Å². The van der Waals surface area contributed by atoms with Crippen LogP contribution in [-0.4, -0.2) is 218 Å². The highest BCUT2D eigenvalue weighted by atomic mass is 16.7. The first-order valence-electron chi connectivity index (χ1n) is 30.4. The minimum absolute atomic E-state index is 0.00754. The summed E-state index contributed by atoms with van der Waals surface area (Å²) in [4.78, 5) is 124. The van der Waals surface area contributed by atoms with Gasteiger partial charge >= 0.3 is 23.9 Å². The van der Waals surface area contributed by atoms with Crippen LogP contribution < -0.4 is 31.9 Å². The molecule has 8 amide bonds. The molecule has 0 heterocycles. The van der Waals surface area contributed by atoms with E-state index in [9.17, 15) is 63.3 Å². The highest BCUT2D eigenvalue weighted by Crippen LogP contribution is 2.29. The second-order valence-electron chi connectivity index (χ2n) is 21.3. The Bertz CT molecular complexity index is 1950. The quantitative estimate of drug-likeness (QED) is 0.0311. The number of methoxy groups -OCH3 is 4. The smallest absolute Gasteiger partial charge is 0.364 e. The zero-order chi connectivity index (χ0) is 63.8. The van der Waals surface area contributed by atoms with Gasteiger partial charge in [-0.15, -0.1) is 0 Å². The number of nitrogens with one attached hydrogen (secondary N) is 6. The number of unbranched alkanes of at least 4 members (excludes halogenated alkanes) is 14. The Morgan fingerprint density at radius 3 is 1.56 bits per heavy atom. The number of hydrogen-bond acceptors (Lipinski definition) is 18. The van der Waals surface area contributed by atoms with Crippen molar-refractivity contribution in [3.63, 3.8) is 0 Å². The molecule has 0 bridgehead atoms. The molecule has 0 aliphatic heterocycles. The van der Waals surface area contributed by atoms with E-state index in [-0.39, 0.29) is 104 Å². The maximum Gasteiger partial charge on any atom is 0.364 e. The van der Waals surface area contributed by atoms with Crippen molar-refractivity contribution in [3.8, 4) is 0 Å². The van der Waals surface area contributed by atoms with Crippen molar-refractivity contribution in [1.29, 1.82) is 0 Å². The monoisotopic (exact) mass is 1230 g/mol. The third-order valence-electron chi connectivity index (χ3n) is 14.7. The Hall–Kier alpha value is -5.62. The summed E-state index contributed by atoms with van der Waals surface area (Å²) in [6.07, 6.45) is 17.8. The van der Waals surface area contributed by atoms with Gasteiger partial charge in [-0.05, 0) is 57.3 Å². The highest BCUT2D eigenvalue weighted by molar-refractivity contribution is 5.94. The zero-order valence-corrected chi connectivity index (χ0v) is 51.7. The lowest BCUT2D eigenvalue weighted by Crippen LogP contribution is -2.48. The number of nitrogens with zero attached hydrogens (tertiary/aromatic N) is 1. The number of ether oxygens (including phenoxy) is 8. The Morgan fingerprint density at radius 2 is 1.03 bits per heavy atom. The number of carboxylic acids is 3. The molecule has 0 aromatic carbocycles. The highest BCUT2D eigenvalue weighted by Gasteiger charge is 2.38.